The first-order valence-corrected chi connectivity index (χ1v) is 11.7. The summed E-state index contributed by atoms with van der Waals surface area (Å²) >= 11 is 3.56. The Morgan fingerprint density at radius 1 is 1.12 bits per heavy atom. The second kappa shape index (κ2) is 8.98. The number of carbonyl (C=O) groups excluding carboxylic acids is 1. The first-order chi connectivity index (χ1) is 16.0. The number of fused-ring (bicyclic) bond motifs is 1. The first kappa shape index (κ1) is 21.6. The zero-order valence-corrected chi connectivity index (χ0v) is 19.8. The van der Waals surface area contributed by atoms with Gasteiger partial charge in [0, 0.05) is 29.2 Å². The van der Waals surface area contributed by atoms with Gasteiger partial charge in [-0.1, -0.05) is 34.1 Å². The van der Waals surface area contributed by atoms with Gasteiger partial charge < -0.3 is 14.2 Å². The third-order valence-electron chi connectivity index (χ3n) is 6.03. The fourth-order valence-corrected chi connectivity index (χ4v) is 4.70. The van der Waals surface area contributed by atoms with Crippen molar-refractivity contribution in [1.82, 2.24) is 9.55 Å². The average Bonchev–Trinajstić information content (AvgIpc) is 3.40. The molecule has 3 aromatic carbocycles. The van der Waals surface area contributed by atoms with Crippen molar-refractivity contribution in [2.75, 3.05) is 11.4 Å². The minimum Gasteiger partial charge on any atom is -0.486 e. The van der Waals surface area contributed by atoms with Crippen molar-refractivity contribution >= 4 is 38.6 Å². The molecule has 4 aromatic rings. The van der Waals surface area contributed by atoms with E-state index in [1.807, 2.05) is 42.5 Å². The number of rotatable bonds is 6. The first-order valence-electron chi connectivity index (χ1n) is 10.9. The molecule has 1 amide bonds. The smallest absolute Gasteiger partial charge is 0.227 e. The lowest BCUT2D eigenvalue weighted by Gasteiger charge is -2.19. The summed E-state index contributed by atoms with van der Waals surface area (Å²) in [5.74, 6) is 1.33. The number of imidazole rings is 1. The number of ether oxygens (including phenoxy) is 1. The summed E-state index contributed by atoms with van der Waals surface area (Å²) in [6, 6.07) is 20.0. The van der Waals surface area contributed by atoms with E-state index in [1.165, 1.54) is 12.1 Å². The van der Waals surface area contributed by atoms with Crippen molar-refractivity contribution in [2.24, 2.45) is 0 Å². The maximum absolute atomic E-state index is 13.5. The minimum absolute atomic E-state index is 0.0722. The number of amides is 1. The largest absolute Gasteiger partial charge is 0.486 e. The van der Waals surface area contributed by atoms with Crippen molar-refractivity contribution in [3.8, 4) is 5.75 Å². The molecule has 1 aliphatic heterocycles. The fourth-order valence-electron chi connectivity index (χ4n) is 4.35. The van der Waals surface area contributed by atoms with Gasteiger partial charge in [-0.05, 0) is 61.4 Å². The van der Waals surface area contributed by atoms with Gasteiger partial charge in [0.2, 0.25) is 5.91 Å². The van der Waals surface area contributed by atoms with Crippen LogP contribution in [0.3, 0.4) is 0 Å². The molecule has 0 bridgehead atoms. The lowest BCUT2D eigenvalue weighted by Crippen LogP contribution is -2.23. The molecule has 5 nitrogen and oxygen atoms in total. The summed E-state index contributed by atoms with van der Waals surface area (Å²) in [6.07, 6.45) is 1.47. The molecule has 7 heteroatoms. The number of hydrogen-bond acceptors (Lipinski definition) is 3. The Morgan fingerprint density at radius 2 is 1.94 bits per heavy atom. The number of anilines is 1. The van der Waals surface area contributed by atoms with E-state index in [0.717, 1.165) is 45.5 Å². The molecule has 1 aliphatic rings. The van der Waals surface area contributed by atoms with Crippen LogP contribution in [0.15, 0.2) is 71.2 Å². The van der Waals surface area contributed by atoms with Gasteiger partial charge in [-0.25, -0.2) is 9.37 Å². The zero-order valence-electron chi connectivity index (χ0n) is 18.2. The fraction of sp³-hybridized carbons (Fsp3) is 0.231. The third kappa shape index (κ3) is 4.37. The quantitative estimate of drug-likeness (QED) is 0.309. The van der Waals surface area contributed by atoms with Gasteiger partial charge >= 0.3 is 0 Å². The van der Waals surface area contributed by atoms with E-state index in [0.29, 0.717) is 12.2 Å². The van der Waals surface area contributed by atoms with Crippen molar-refractivity contribution in [3.05, 3.63) is 88.4 Å². The van der Waals surface area contributed by atoms with Crippen molar-refractivity contribution in [3.63, 3.8) is 0 Å². The van der Waals surface area contributed by atoms with E-state index >= 15 is 0 Å². The number of carbonyl (C=O) groups is 1. The van der Waals surface area contributed by atoms with Crippen LogP contribution in [-0.2, 0) is 11.4 Å². The van der Waals surface area contributed by atoms with Gasteiger partial charge in [0.15, 0.2) is 0 Å². The maximum atomic E-state index is 13.5. The molecule has 33 heavy (non-hydrogen) atoms. The molecule has 1 atom stereocenters. The predicted molar refractivity (Wildman–Crippen MR) is 130 cm³/mol. The Morgan fingerprint density at radius 3 is 2.70 bits per heavy atom. The summed E-state index contributed by atoms with van der Waals surface area (Å²) < 4.78 is 22.7. The van der Waals surface area contributed by atoms with Gasteiger partial charge in [-0.15, -0.1) is 0 Å². The van der Waals surface area contributed by atoms with Crippen molar-refractivity contribution in [2.45, 2.75) is 32.4 Å². The van der Waals surface area contributed by atoms with Crippen molar-refractivity contribution in [1.29, 1.82) is 0 Å². The van der Waals surface area contributed by atoms with Gasteiger partial charge in [0.1, 0.15) is 24.0 Å². The van der Waals surface area contributed by atoms with Crippen LogP contribution in [0, 0.1) is 5.82 Å². The standard InChI is InChI=1S/C26H23BrFN3O2/c1-17(18-7-10-20(28)11-8-18)31-24-14-19(27)9-12-23(24)29-25(31)16-33-22-5-2-4-21(15-22)30-13-3-6-26(30)32/h2,4-5,7-12,14-15,17H,3,6,13,16H2,1H3/t17-/m0/s1. The van der Waals surface area contributed by atoms with E-state index < -0.39 is 0 Å². The SMILES string of the molecule is C[C@@H](c1ccc(F)cc1)n1c(COc2cccc(N3CCCC3=O)c2)nc2ccc(Br)cc21. The summed E-state index contributed by atoms with van der Waals surface area (Å²) in [5, 5.41) is 0. The van der Waals surface area contributed by atoms with E-state index in [4.69, 9.17) is 9.72 Å². The molecular formula is C26H23BrFN3O2. The molecule has 168 valence electrons. The molecule has 0 N–H and O–H groups in total. The molecule has 1 fully saturated rings. The van der Waals surface area contributed by atoms with Crippen LogP contribution in [0.2, 0.25) is 0 Å². The van der Waals surface area contributed by atoms with Gasteiger partial charge in [0.25, 0.3) is 0 Å². The van der Waals surface area contributed by atoms with Crippen LogP contribution in [-0.4, -0.2) is 22.0 Å². The monoisotopic (exact) mass is 507 g/mol. The Bertz CT molecular complexity index is 1320. The Hall–Kier alpha value is -3.19. The molecular weight excluding hydrogens is 485 g/mol. The summed E-state index contributed by atoms with van der Waals surface area (Å²) in [6.45, 7) is 3.07. The van der Waals surface area contributed by atoms with Gasteiger partial charge in [0.05, 0.1) is 17.1 Å². The third-order valence-corrected chi connectivity index (χ3v) is 6.53. The van der Waals surface area contributed by atoms with E-state index in [9.17, 15) is 9.18 Å². The molecule has 1 saturated heterocycles. The molecule has 0 spiro atoms. The molecule has 1 aromatic heterocycles. The molecule has 0 saturated carbocycles. The van der Waals surface area contributed by atoms with Gasteiger partial charge in [-0.2, -0.15) is 0 Å². The van der Waals surface area contributed by atoms with Crippen LogP contribution in [0.4, 0.5) is 10.1 Å². The second-order valence-corrected chi connectivity index (χ2v) is 9.11. The molecule has 0 unspecified atom stereocenters. The highest BCUT2D eigenvalue weighted by Gasteiger charge is 2.22. The number of hydrogen-bond donors (Lipinski definition) is 0. The molecule has 2 heterocycles. The summed E-state index contributed by atoms with van der Waals surface area (Å²) in [4.78, 5) is 18.7. The molecule has 0 radical (unpaired) electrons. The highest BCUT2D eigenvalue weighted by molar-refractivity contribution is 9.10. The van der Waals surface area contributed by atoms with Crippen LogP contribution < -0.4 is 9.64 Å². The minimum atomic E-state index is -0.260. The number of benzene rings is 3. The zero-order chi connectivity index (χ0) is 22.9. The number of aromatic nitrogens is 2. The Kier molecular flexibility index (Phi) is 5.89. The van der Waals surface area contributed by atoms with Crippen LogP contribution in [0.5, 0.6) is 5.75 Å². The van der Waals surface area contributed by atoms with Crippen LogP contribution >= 0.6 is 15.9 Å². The maximum Gasteiger partial charge on any atom is 0.227 e. The summed E-state index contributed by atoms with van der Waals surface area (Å²) in [7, 11) is 0. The topological polar surface area (TPSA) is 47.4 Å². The number of nitrogens with zero attached hydrogens (tertiary/aromatic N) is 3. The highest BCUT2D eigenvalue weighted by Crippen LogP contribution is 2.30. The average molecular weight is 508 g/mol. The Labute approximate surface area is 199 Å². The highest BCUT2D eigenvalue weighted by atomic mass is 79.9. The normalized spacial score (nSPS) is 14.8. The predicted octanol–water partition coefficient (Wildman–Crippen LogP) is 6.25. The number of halogens is 2. The van der Waals surface area contributed by atoms with Crippen molar-refractivity contribution < 1.29 is 13.9 Å². The van der Waals surface area contributed by atoms with Crippen LogP contribution in [0.25, 0.3) is 11.0 Å². The second-order valence-electron chi connectivity index (χ2n) is 8.19. The van der Waals surface area contributed by atoms with E-state index in [-0.39, 0.29) is 24.4 Å². The molecule has 0 aliphatic carbocycles. The summed E-state index contributed by atoms with van der Waals surface area (Å²) in [5.41, 5.74) is 3.66. The van der Waals surface area contributed by atoms with Gasteiger partial charge in [-0.3, -0.25) is 4.79 Å². The molecule has 5 rings (SSSR count). The lowest BCUT2D eigenvalue weighted by molar-refractivity contribution is -0.117. The Balaban J connectivity index is 1.46. The van der Waals surface area contributed by atoms with E-state index in [2.05, 4.69) is 27.4 Å². The van der Waals surface area contributed by atoms with Crippen LogP contribution in [0.1, 0.15) is 37.2 Å². The van der Waals surface area contributed by atoms with E-state index in [1.54, 1.807) is 17.0 Å². The lowest BCUT2D eigenvalue weighted by atomic mass is 10.1.